The summed E-state index contributed by atoms with van der Waals surface area (Å²) in [6.07, 6.45) is 3.57. The van der Waals surface area contributed by atoms with Crippen molar-refractivity contribution in [2.75, 3.05) is 5.75 Å². The maximum absolute atomic E-state index is 11.8. The molecule has 0 fully saturated rings. The number of rotatable bonds is 6. The van der Waals surface area contributed by atoms with Gasteiger partial charge in [-0.05, 0) is 38.0 Å². The van der Waals surface area contributed by atoms with Crippen LogP contribution >= 0.6 is 11.8 Å². The average molecular weight is 332 g/mol. The summed E-state index contributed by atoms with van der Waals surface area (Å²) in [4.78, 5) is 27.1. The number of aromatic nitrogens is 2. The molecule has 0 saturated carbocycles. The third-order valence-corrected chi connectivity index (χ3v) is 4.33. The van der Waals surface area contributed by atoms with Crippen LogP contribution in [0.5, 0.6) is 0 Å². The lowest BCUT2D eigenvalue weighted by Gasteiger charge is -2.12. The van der Waals surface area contributed by atoms with Crippen LogP contribution in [0.1, 0.15) is 18.1 Å². The van der Waals surface area contributed by atoms with Gasteiger partial charge >= 0.3 is 0 Å². The van der Waals surface area contributed by atoms with Gasteiger partial charge in [0.1, 0.15) is 6.04 Å². The van der Waals surface area contributed by atoms with Gasteiger partial charge in [-0.1, -0.05) is 23.9 Å². The highest BCUT2D eigenvalue weighted by atomic mass is 32.2. The zero-order valence-corrected chi connectivity index (χ0v) is 14.2. The quantitative estimate of drug-likeness (QED) is 0.786. The molecule has 1 heterocycles. The Balaban J connectivity index is 2.09. The van der Waals surface area contributed by atoms with E-state index in [-0.39, 0.29) is 11.7 Å². The fraction of sp³-hybridized carbons (Fsp3) is 0.312. The van der Waals surface area contributed by atoms with Gasteiger partial charge < -0.3 is 11.1 Å². The Hall–Kier alpha value is -2.28. The number of aryl methyl sites for hydroxylation is 2. The molecule has 3 N–H and O–H groups in total. The van der Waals surface area contributed by atoms with Crippen molar-refractivity contribution in [3.63, 3.8) is 0 Å². The molecule has 2 rings (SSSR count). The lowest BCUT2D eigenvalue weighted by atomic mass is 10.1. The Morgan fingerprint density at radius 1 is 1.39 bits per heavy atom. The van der Waals surface area contributed by atoms with Gasteiger partial charge in [-0.25, -0.2) is 4.98 Å². The third-order valence-electron chi connectivity index (χ3n) is 3.37. The van der Waals surface area contributed by atoms with E-state index in [4.69, 9.17) is 5.73 Å². The number of thioether (sulfide) groups is 1. The Kier molecular flexibility index (Phi) is 5.44. The highest BCUT2D eigenvalue weighted by Gasteiger charge is 2.14. The van der Waals surface area contributed by atoms with E-state index >= 15 is 0 Å². The number of hydrogen-bond acceptors (Lipinski definition) is 4. The zero-order valence-electron chi connectivity index (χ0n) is 13.4. The van der Waals surface area contributed by atoms with Crippen LogP contribution < -0.4 is 11.1 Å². The molecule has 23 heavy (non-hydrogen) atoms. The molecule has 1 atom stereocenters. The van der Waals surface area contributed by atoms with Gasteiger partial charge in [0, 0.05) is 12.4 Å². The summed E-state index contributed by atoms with van der Waals surface area (Å²) in [7, 11) is 0. The van der Waals surface area contributed by atoms with Gasteiger partial charge in [-0.3, -0.25) is 14.2 Å². The molecule has 0 aliphatic carbocycles. The first-order valence-corrected chi connectivity index (χ1v) is 8.19. The van der Waals surface area contributed by atoms with Crippen molar-refractivity contribution >= 4 is 23.6 Å². The zero-order chi connectivity index (χ0) is 17.0. The van der Waals surface area contributed by atoms with Crippen molar-refractivity contribution in [3.05, 3.63) is 41.7 Å². The van der Waals surface area contributed by atoms with Crippen molar-refractivity contribution in [2.45, 2.75) is 32.0 Å². The summed E-state index contributed by atoms with van der Waals surface area (Å²) >= 11 is 1.31. The van der Waals surface area contributed by atoms with Crippen molar-refractivity contribution in [2.24, 2.45) is 5.73 Å². The second kappa shape index (κ2) is 7.32. The summed E-state index contributed by atoms with van der Waals surface area (Å²) in [5, 5.41) is 3.27. The number of benzene rings is 1. The van der Waals surface area contributed by atoms with Gasteiger partial charge in [-0.2, -0.15) is 0 Å². The first-order valence-electron chi connectivity index (χ1n) is 7.21. The maximum Gasteiger partial charge on any atom is 0.239 e. The van der Waals surface area contributed by atoms with E-state index in [1.54, 1.807) is 13.1 Å². The summed E-state index contributed by atoms with van der Waals surface area (Å²) < 4.78 is 1.96. The normalized spacial score (nSPS) is 12.0. The lowest BCUT2D eigenvalue weighted by molar-refractivity contribution is -0.125. The van der Waals surface area contributed by atoms with Crippen LogP contribution in [0.4, 0.5) is 0 Å². The van der Waals surface area contributed by atoms with Gasteiger partial charge in [0.2, 0.25) is 11.8 Å². The molecule has 1 aromatic carbocycles. The SMILES string of the molecule is Cc1ccc(C)c(-n2ccnc2SCC(=O)NC(C)C(N)=O)c1. The van der Waals surface area contributed by atoms with E-state index in [2.05, 4.69) is 28.5 Å². The maximum atomic E-state index is 11.8. The summed E-state index contributed by atoms with van der Waals surface area (Å²) in [5.74, 6) is -0.642. The lowest BCUT2D eigenvalue weighted by Crippen LogP contribution is -2.42. The summed E-state index contributed by atoms with van der Waals surface area (Å²) in [6, 6.07) is 5.51. The Labute approximate surface area is 139 Å². The predicted octanol–water partition coefficient (Wildman–Crippen LogP) is 1.57. The molecule has 2 amide bonds. The third kappa shape index (κ3) is 4.35. The second-order valence-electron chi connectivity index (χ2n) is 5.35. The molecule has 6 nitrogen and oxygen atoms in total. The number of nitrogens with one attached hydrogen (secondary N) is 1. The number of primary amides is 1. The van der Waals surface area contributed by atoms with E-state index in [9.17, 15) is 9.59 Å². The second-order valence-corrected chi connectivity index (χ2v) is 6.29. The summed E-state index contributed by atoms with van der Waals surface area (Å²) in [5.41, 5.74) is 8.45. The van der Waals surface area contributed by atoms with E-state index < -0.39 is 11.9 Å². The van der Waals surface area contributed by atoms with E-state index in [0.717, 1.165) is 22.0 Å². The smallest absolute Gasteiger partial charge is 0.239 e. The van der Waals surface area contributed by atoms with Crippen LogP contribution in [0, 0.1) is 13.8 Å². The minimum atomic E-state index is -0.679. The standard InChI is InChI=1S/C16H20N4O2S/c1-10-4-5-11(2)13(8-10)20-7-6-18-16(20)23-9-14(21)19-12(3)15(17)22/h4-8,12H,9H2,1-3H3,(H2,17,22)(H,19,21). The van der Waals surface area contributed by atoms with Crippen LogP contribution in [-0.4, -0.2) is 33.2 Å². The molecular formula is C16H20N4O2S. The molecule has 2 aromatic rings. The fourth-order valence-corrected chi connectivity index (χ4v) is 2.82. The number of nitrogens with two attached hydrogens (primary N) is 1. The number of imidazole rings is 1. The number of hydrogen-bond donors (Lipinski definition) is 2. The molecule has 1 unspecified atom stereocenters. The number of nitrogens with zero attached hydrogens (tertiary/aromatic N) is 2. The Morgan fingerprint density at radius 2 is 2.13 bits per heavy atom. The number of amides is 2. The minimum Gasteiger partial charge on any atom is -0.368 e. The van der Waals surface area contributed by atoms with Gasteiger partial charge in [-0.15, -0.1) is 0 Å². The van der Waals surface area contributed by atoms with Crippen LogP contribution in [0.25, 0.3) is 5.69 Å². The fourth-order valence-electron chi connectivity index (χ4n) is 2.04. The van der Waals surface area contributed by atoms with Crippen LogP contribution in [-0.2, 0) is 9.59 Å². The molecule has 0 saturated heterocycles. The molecular weight excluding hydrogens is 312 g/mol. The van der Waals surface area contributed by atoms with Gasteiger partial charge in [0.25, 0.3) is 0 Å². The van der Waals surface area contributed by atoms with E-state index in [1.165, 1.54) is 11.8 Å². The molecule has 0 bridgehead atoms. The van der Waals surface area contributed by atoms with E-state index in [0.29, 0.717) is 0 Å². The van der Waals surface area contributed by atoms with Crippen molar-refractivity contribution in [1.82, 2.24) is 14.9 Å². The average Bonchev–Trinajstić information content (AvgIpc) is 2.95. The van der Waals surface area contributed by atoms with Gasteiger partial charge in [0.15, 0.2) is 5.16 Å². The number of carbonyl (C=O) groups excluding carboxylic acids is 2. The molecule has 122 valence electrons. The molecule has 7 heteroatoms. The van der Waals surface area contributed by atoms with Gasteiger partial charge in [0.05, 0.1) is 11.4 Å². The minimum absolute atomic E-state index is 0.166. The topological polar surface area (TPSA) is 90.0 Å². The molecule has 1 aromatic heterocycles. The summed E-state index contributed by atoms with van der Waals surface area (Å²) in [6.45, 7) is 5.62. The van der Waals surface area contributed by atoms with Crippen molar-refractivity contribution in [3.8, 4) is 5.69 Å². The van der Waals surface area contributed by atoms with Crippen LogP contribution in [0.15, 0.2) is 35.7 Å². The highest BCUT2D eigenvalue weighted by molar-refractivity contribution is 7.99. The van der Waals surface area contributed by atoms with Crippen molar-refractivity contribution in [1.29, 1.82) is 0 Å². The largest absolute Gasteiger partial charge is 0.368 e. The van der Waals surface area contributed by atoms with Crippen LogP contribution in [0.2, 0.25) is 0 Å². The van der Waals surface area contributed by atoms with Crippen LogP contribution in [0.3, 0.4) is 0 Å². The predicted molar refractivity (Wildman–Crippen MR) is 90.6 cm³/mol. The molecule has 0 spiro atoms. The number of carbonyl (C=O) groups is 2. The monoisotopic (exact) mass is 332 g/mol. The molecule has 0 radical (unpaired) electrons. The Bertz CT molecular complexity index is 727. The van der Waals surface area contributed by atoms with E-state index in [1.807, 2.05) is 24.6 Å². The molecule has 0 aliphatic rings. The van der Waals surface area contributed by atoms with Crippen molar-refractivity contribution < 1.29 is 9.59 Å². The highest BCUT2D eigenvalue weighted by Crippen LogP contribution is 2.23. The Morgan fingerprint density at radius 3 is 2.83 bits per heavy atom. The molecule has 0 aliphatic heterocycles. The first kappa shape index (κ1) is 17.1. The first-order chi connectivity index (χ1) is 10.9.